The summed E-state index contributed by atoms with van der Waals surface area (Å²) < 4.78 is 0. The number of nitrogens with zero attached hydrogens (tertiary/aromatic N) is 1. The molecule has 0 spiro atoms. The number of nitrogens with one attached hydrogen (secondary N) is 1. The summed E-state index contributed by atoms with van der Waals surface area (Å²) in [6.07, 6.45) is 0. The van der Waals surface area contributed by atoms with Gasteiger partial charge in [-0.15, -0.1) is 11.8 Å². The minimum Gasteiger partial charge on any atom is -0.506 e. The molecule has 2 amide bonds. The second-order valence-corrected chi connectivity index (χ2v) is 5.09. The highest BCUT2D eigenvalue weighted by molar-refractivity contribution is 8.00. The number of aryl methyl sites for hydroxylation is 1. The highest BCUT2D eigenvalue weighted by Gasteiger charge is 2.23. The average molecular weight is 266 g/mol. The molecule has 0 unspecified atom stereocenters. The third-order valence-electron chi connectivity index (χ3n) is 2.59. The molecular formula is C12H14N2O3S. The molecule has 0 atom stereocenters. The van der Waals surface area contributed by atoms with E-state index in [0.29, 0.717) is 17.3 Å². The Balaban J connectivity index is 1.96. The maximum absolute atomic E-state index is 11.7. The molecule has 1 saturated heterocycles. The lowest BCUT2D eigenvalue weighted by atomic mass is 10.2. The number of phenols is 1. The number of rotatable bonds is 3. The van der Waals surface area contributed by atoms with Gasteiger partial charge in [0.25, 0.3) is 0 Å². The number of phenolic OH excluding ortho intramolecular Hbond substituents is 1. The Kier molecular flexibility index (Phi) is 3.76. The van der Waals surface area contributed by atoms with Crippen LogP contribution in [-0.4, -0.2) is 40.0 Å². The summed E-state index contributed by atoms with van der Waals surface area (Å²) in [4.78, 5) is 24.6. The smallest absolute Gasteiger partial charge is 0.244 e. The van der Waals surface area contributed by atoms with E-state index in [1.807, 2.05) is 6.92 Å². The Hall–Kier alpha value is -1.69. The lowest BCUT2D eigenvalue weighted by Crippen LogP contribution is -2.34. The molecule has 1 heterocycles. The summed E-state index contributed by atoms with van der Waals surface area (Å²) in [5.41, 5.74) is 1.28. The van der Waals surface area contributed by atoms with Crippen LogP contribution in [-0.2, 0) is 9.59 Å². The maximum atomic E-state index is 11.7. The molecule has 1 aliphatic heterocycles. The van der Waals surface area contributed by atoms with Crippen molar-refractivity contribution in [2.45, 2.75) is 6.92 Å². The van der Waals surface area contributed by atoms with E-state index in [2.05, 4.69) is 5.32 Å². The van der Waals surface area contributed by atoms with Crippen LogP contribution in [0, 0.1) is 6.92 Å². The fourth-order valence-corrected chi connectivity index (χ4v) is 2.55. The van der Waals surface area contributed by atoms with Crippen LogP contribution in [0.2, 0.25) is 0 Å². The van der Waals surface area contributed by atoms with Crippen LogP contribution in [0.4, 0.5) is 5.69 Å². The average Bonchev–Trinajstić information content (AvgIpc) is 2.69. The quantitative estimate of drug-likeness (QED) is 0.806. The minimum atomic E-state index is -0.301. The number of thioether (sulfide) groups is 1. The van der Waals surface area contributed by atoms with Crippen molar-refractivity contribution in [3.63, 3.8) is 0 Å². The summed E-state index contributed by atoms with van der Waals surface area (Å²) >= 11 is 1.49. The number of benzene rings is 1. The number of anilines is 1. The highest BCUT2D eigenvalue weighted by Crippen LogP contribution is 2.24. The number of aromatic hydroxyl groups is 1. The van der Waals surface area contributed by atoms with Gasteiger partial charge in [0.1, 0.15) is 12.3 Å². The van der Waals surface area contributed by atoms with Gasteiger partial charge in [-0.3, -0.25) is 9.59 Å². The lowest BCUT2D eigenvalue weighted by molar-refractivity contribution is -0.130. The van der Waals surface area contributed by atoms with E-state index >= 15 is 0 Å². The van der Waals surface area contributed by atoms with Crippen molar-refractivity contribution >= 4 is 29.3 Å². The standard InChI is InChI=1S/C12H14N2O3S/c1-8-2-3-9(10(15)4-8)13-11(16)5-14-7-18-6-12(14)17/h2-4,15H,5-7H2,1H3,(H,13,16). The fraction of sp³-hybridized carbons (Fsp3) is 0.333. The van der Waals surface area contributed by atoms with Crippen molar-refractivity contribution in [2.24, 2.45) is 0 Å². The third-order valence-corrected chi connectivity index (χ3v) is 3.53. The second kappa shape index (κ2) is 5.30. The molecule has 1 aromatic carbocycles. The number of hydrogen-bond acceptors (Lipinski definition) is 4. The van der Waals surface area contributed by atoms with E-state index in [1.54, 1.807) is 18.2 Å². The molecule has 1 aromatic rings. The Morgan fingerprint density at radius 1 is 1.56 bits per heavy atom. The van der Waals surface area contributed by atoms with Crippen molar-refractivity contribution in [1.82, 2.24) is 4.90 Å². The molecule has 1 fully saturated rings. The molecular weight excluding hydrogens is 252 g/mol. The highest BCUT2D eigenvalue weighted by atomic mass is 32.2. The lowest BCUT2D eigenvalue weighted by Gasteiger charge is -2.14. The van der Waals surface area contributed by atoms with Gasteiger partial charge in [0, 0.05) is 0 Å². The first-order valence-corrected chi connectivity index (χ1v) is 6.67. The van der Waals surface area contributed by atoms with Gasteiger partial charge in [-0.05, 0) is 24.6 Å². The summed E-state index contributed by atoms with van der Waals surface area (Å²) in [6.45, 7) is 1.88. The van der Waals surface area contributed by atoms with Crippen LogP contribution in [0.25, 0.3) is 0 Å². The molecule has 0 aliphatic carbocycles. The SMILES string of the molecule is Cc1ccc(NC(=O)CN2CSCC2=O)c(O)c1. The first-order chi connectivity index (χ1) is 8.56. The van der Waals surface area contributed by atoms with Gasteiger partial charge in [-0.2, -0.15) is 0 Å². The predicted molar refractivity (Wildman–Crippen MR) is 70.5 cm³/mol. The van der Waals surface area contributed by atoms with Gasteiger partial charge >= 0.3 is 0 Å². The Morgan fingerprint density at radius 3 is 2.94 bits per heavy atom. The van der Waals surface area contributed by atoms with Gasteiger partial charge in [-0.25, -0.2) is 0 Å². The van der Waals surface area contributed by atoms with Gasteiger partial charge in [-0.1, -0.05) is 6.07 Å². The van der Waals surface area contributed by atoms with Crippen LogP contribution >= 0.6 is 11.8 Å². The number of amides is 2. The van der Waals surface area contributed by atoms with E-state index in [4.69, 9.17) is 0 Å². The van der Waals surface area contributed by atoms with Crippen molar-refractivity contribution in [2.75, 3.05) is 23.5 Å². The molecule has 5 nitrogen and oxygen atoms in total. The molecule has 18 heavy (non-hydrogen) atoms. The second-order valence-electron chi connectivity index (χ2n) is 4.14. The Labute approximate surface area is 109 Å². The summed E-state index contributed by atoms with van der Waals surface area (Å²) in [7, 11) is 0. The monoisotopic (exact) mass is 266 g/mol. The number of carbonyl (C=O) groups excluding carboxylic acids is 2. The molecule has 0 saturated carbocycles. The normalized spacial score (nSPS) is 14.9. The molecule has 6 heteroatoms. The Morgan fingerprint density at radius 2 is 2.33 bits per heavy atom. The van der Waals surface area contributed by atoms with E-state index in [0.717, 1.165) is 5.56 Å². The fourth-order valence-electron chi connectivity index (χ4n) is 1.65. The largest absolute Gasteiger partial charge is 0.506 e. The van der Waals surface area contributed by atoms with Crippen LogP contribution < -0.4 is 5.32 Å². The first kappa shape index (κ1) is 12.8. The first-order valence-electron chi connectivity index (χ1n) is 5.51. The number of carbonyl (C=O) groups is 2. The van der Waals surface area contributed by atoms with Crippen molar-refractivity contribution < 1.29 is 14.7 Å². The topological polar surface area (TPSA) is 69.6 Å². The molecule has 0 bridgehead atoms. The summed E-state index contributed by atoms with van der Waals surface area (Å²) in [5, 5.41) is 12.2. The minimum absolute atomic E-state index is 0.0247. The third kappa shape index (κ3) is 2.95. The Bertz CT molecular complexity index is 490. The molecule has 0 aromatic heterocycles. The van der Waals surface area contributed by atoms with Gasteiger partial charge < -0.3 is 15.3 Å². The summed E-state index contributed by atoms with van der Waals surface area (Å²) in [5.74, 6) is 0.689. The number of hydrogen-bond donors (Lipinski definition) is 2. The van der Waals surface area contributed by atoms with Crippen LogP contribution in [0.15, 0.2) is 18.2 Å². The van der Waals surface area contributed by atoms with Gasteiger partial charge in [0.15, 0.2) is 0 Å². The summed E-state index contributed by atoms with van der Waals surface area (Å²) in [6, 6.07) is 5.02. The zero-order chi connectivity index (χ0) is 13.1. The maximum Gasteiger partial charge on any atom is 0.244 e. The van der Waals surface area contributed by atoms with Crippen molar-refractivity contribution in [3.05, 3.63) is 23.8 Å². The van der Waals surface area contributed by atoms with E-state index in [-0.39, 0.29) is 24.1 Å². The zero-order valence-corrected chi connectivity index (χ0v) is 10.8. The van der Waals surface area contributed by atoms with Crippen LogP contribution in [0.3, 0.4) is 0 Å². The molecule has 0 radical (unpaired) electrons. The molecule has 2 N–H and O–H groups in total. The predicted octanol–water partition coefficient (Wildman–Crippen LogP) is 1.17. The van der Waals surface area contributed by atoms with Crippen LogP contribution in [0.1, 0.15) is 5.56 Å². The van der Waals surface area contributed by atoms with E-state index in [9.17, 15) is 14.7 Å². The molecule has 1 aliphatic rings. The van der Waals surface area contributed by atoms with Crippen LogP contribution in [0.5, 0.6) is 5.75 Å². The van der Waals surface area contributed by atoms with Crippen molar-refractivity contribution in [1.29, 1.82) is 0 Å². The van der Waals surface area contributed by atoms with Gasteiger partial charge in [0.05, 0.1) is 17.3 Å². The van der Waals surface area contributed by atoms with E-state index in [1.165, 1.54) is 16.7 Å². The zero-order valence-electron chi connectivity index (χ0n) is 9.97. The molecule has 96 valence electrons. The molecule has 2 rings (SSSR count). The van der Waals surface area contributed by atoms with E-state index < -0.39 is 0 Å². The van der Waals surface area contributed by atoms with Gasteiger partial charge in [0.2, 0.25) is 11.8 Å². The van der Waals surface area contributed by atoms with Crippen molar-refractivity contribution in [3.8, 4) is 5.75 Å².